The van der Waals surface area contributed by atoms with Gasteiger partial charge in [0.2, 0.25) is 0 Å². The Labute approximate surface area is 115 Å². The van der Waals surface area contributed by atoms with Crippen LogP contribution >= 0.6 is 0 Å². The summed E-state index contributed by atoms with van der Waals surface area (Å²) in [5, 5.41) is 9.35. The van der Waals surface area contributed by atoms with Crippen molar-refractivity contribution in [1.82, 2.24) is 0 Å². The van der Waals surface area contributed by atoms with Crippen molar-refractivity contribution in [2.75, 3.05) is 6.26 Å². The zero-order chi connectivity index (χ0) is 13.6. The third-order valence-electron chi connectivity index (χ3n) is 4.28. The van der Waals surface area contributed by atoms with E-state index in [1.54, 1.807) is 12.3 Å². The third-order valence-corrected chi connectivity index (χ3v) is 5.31. The molecule has 2 fully saturated rings. The summed E-state index contributed by atoms with van der Waals surface area (Å²) in [7, 11) is -1.11. The van der Waals surface area contributed by atoms with E-state index in [0.717, 1.165) is 41.7 Å². The van der Waals surface area contributed by atoms with E-state index in [9.17, 15) is 14.1 Å². The minimum Gasteiger partial charge on any atom is -0.478 e. The van der Waals surface area contributed by atoms with E-state index in [4.69, 9.17) is 0 Å². The fourth-order valence-corrected chi connectivity index (χ4v) is 4.09. The van der Waals surface area contributed by atoms with Crippen LogP contribution < -0.4 is 0 Å². The maximum atomic E-state index is 12.2. The number of benzene rings is 1. The van der Waals surface area contributed by atoms with Crippen LogP contribution in [0, 0.1) is 0 Å². The van der Waals surface area contributed by atoms with Gasteiger partial charge >= 0.3 is 5.97 Å². The minimum absolute atomic E-state index is 0.310. The number of rotatable bonds is 4. The van der Waals surface area contributed by atoms with Gasteiger partial charge in [-0.25, -0.2) is 4.79 Å². The van der Waals surface area contributed by atoms with Gasteiger partial charge in [0.05, 0.1) is 16.4 Å². The Morgan fingerprint density at radius 1 is 1.21 bits per heavy atom. The van der Waals surface area contributed by atoms with E-state index in [-0.39, 0.29) is 0 Å². The molecule has 1 aromatic carbocycles. The summed E-state index contributed by atoms with van der Waals surface area (Å²) in [6.45, 7) is 0. The Hall–Kier alpha value is -1.16. The van der Waals surface area contributed by atoms with Crippen molar-refractivity contribution in [3.63, 3.8) is 0 Å². The van der Waals surface area contributed by atoms with E-state index in [0.29, 0.717) is 17.4 Å². The van der Waals surface area contributed by atoms with Gasteiger partial charge in [-0.3, -0.25) is 4.21 Å². The van der Waals surface area contributed by atoms with E-state index >= 15 is 0 Å². The average molecular weight is 278 g/mol. The first-order valence-electron chi connectivity index (χ1n) is 6.83. The molecular weight excluding hydrogens is 260 g/mol. The normalized spacial score (nSPS) is 20.9. The first-order chi connectivity index (χ1) is 9.09. The van der Waals surface area contributed by atoms with Crippen LogP contribution in [0.1, 0.15) is 65.4 Å². The van der Waals surface area contributed by atoms with Crippen molar-refractivity contribution in [2.24, 2.45) is 0 Å². The molecule has 19 heavy (non-hydrogen) atoms. The second-order valence-corrected chi connectivity index (χ2v) is 6.92. The van der Waals surface area contributed by atoms with Gasteiger partial charge in [0.25, 0.3) is 0 Å². The quantitative estimate of drug-likeness (QED) is 0.919. The second-order valence-electron chi connectivity index (χ2n) is 5.61. The molecule has 102 valence electrons. The lowest BCUT2D eigenvalue weighted by molar-refractivity contribution is 0.0695. The van der Waals surface area contributed by atoms with Crippen molar-refractivity contribution in [2.45, 2.75) is 48.8 Å². The first kappa shape index (κ1) is 12.9. The third kappa shape index (κ3) is 2.22. The minimum atomic E-state index is -1.11. The second kappa shape index (κ2) is 4.75. The van der Waals surface area contributed by atoms with Crippen LogP contribution in [0.3, 0.4) is 0 Å². The highest BCUT2D eigenvalue weighted by atomic mass is 32.2. The standard InChI is InChI=1S/C15H18O3S/c1-19(18)14-11(9-3-2-4-9)7-8-12(15(16)17)13(14)10-5-6-10/h7-10H,2-6H2,1H3,(H,16,17)/t19-/m0/s1. The number of hydrogen-bond donors (Lipinski definition) is 1. The molecule has 3 nitrogen and oxygen atoms in total. The SMILES string of the molecule is C[S@](=O)c1c(C2CCC2)ccc(C(=O)O)c1C1CC1. The number of aromatic carboxylic acids is 1. The summed E-state index contributed by atoms with van der Waals surface area (Å²) in [5.41, 5.74) is 2.35. The fraction of sp³-hybridized carbons (Fsp3) is 0.533. The Kier molecular flexibility index (Phi) is 3.21. The highest BCUT2D eigenvalue weighted by Crippen LogP contribution is 2.48. The number of carboxylic acid groups (broad SMARTS) is 1. The van der Waals surface area contributed by atoms with Gasteiger partial charge in [-0.05, 0) is 54.7 Å². The van der Waals surface area contributed by atoms with E-state index < -0.39 is 16.8 Å². The maximum Gasteiger partial charge on any atom is 0.336 e. The lowest BCUT2D eigenvalue weighted by atomic mass is 9.79. The Balaban J connectivity index is 2.19. The van der Waals surface area contributed by atoms with Crippen LogP contribution in [0.2, 0.25) is 0 Å². The van der Waals surface area contributed by atoms with Crippen LogP contribution in [-0.4, -0.2) is 21.5 Å². The topological polar surface area (TPSA) is 54.4 Å². The van der Waals surface area contributed by atoms with Crippen LogP contribution in [0.15, 0.2) is 17.0 Å². The maximum absolute atomic E-state index is 12.2. The molecule has 0 amide bonds. The predicted molar refractivity (Wildman–Crippen MR) is 74.3 cm³/mol. The van der Waals surface area contributed by atoms with Crippen molar-refractivity contribution in [3.8, 4) is 0 Å². The zero-order valence-electron chi connectivity index (χ0n) is 11.0. The lowest BCUT2D eigenvalue weighted by Gasteiger charge is -2.29. The zero-order valence-corrected chi connectivity index (χ0v) is 11.8. The van der Waals surface area contributed by atoms with Crippen LogP contribution in [-0.2, 0) is 10.8 Å². The summed E-state index contributed by atoms with van der Waals surface area (Å²) >= 11 is 0. The molecule has 0 radical (unpaired) electrons. The predicted octanol–water partition coefficient (Wildman–Crippen LogP) is 3.27. The molecule has 4 heteroatoms. The molecule has 0 aliphatic heterocycles. The largest absolute Gasteiger partial charge is 0.478 e. The molecule has 2 aliphatic carbocycles. The van der Waals surface area contributed by atoms with Gasteiger partial charge in [0.15, 0.2) is 0 Å². The smallest absolute Gasteiger partial charge is 0.336 e. The van der Waals surface area contributed by atoms with Gasteiger partial charge in [0.1, 0.15) is 0 Å². The van der Waals surface area contributed by atoms with Gasteiger partial charge in [-0.2, -0.15) is 0 Å². The molecule has 0 saturated heterocycles. The molecule has 0 bridgehead atoms. The number of carbonyl (C=O) groups is 1. The van der Waals surface area contributed by atoms with Crippen LogP contribution in [0.5, 0.6) is 0 Å². The van der Waals surface area contributed by atoms with Crippen LogP contribution in [0.25, 0.3) is 0 Å². The van der Waals surface area contributed by atoms with Crippen molar-refractivity contribution in [3.05, 3.63) is 28.8 Å². The summed E-state index contributed by atoms with van der Waals surface area (Å²) in [4.78, 5) is 12.2. The molecule has 2 aliphatic rings. The average Bonchev–Trinajstić information content (AvgIpc) is 3.08. The van der Waals surface area contributed by atoms with Crippen molar-refractivity contribution in [1.29, 1.82) is 0 Å². The summed E-state index contributed by atoms with van der Waals surface area (Å²) in [6, 6.07) is 3.62. The molecule has 1 aromatic rings. The van der Waals surface area contributed by atoms with Gasteiger partial charge in [0, 0.05) is 11.2 Å². The highest BCUT2D eigenvalue weighted by molar-refractivity contribution is 7.84. The first-order valence-corrected chi connectivity index (χ1v) is 8.39. The summed E-state index contributed by atoms with van der Waals surface area (Å²) in [5.74, 6) is -0.0990. The number of carboxylic acids is 1. The summed E-state index contributed by atoms with van der Waals surface area (Å²) < 4.78 is 12.2. The number of hydrogen-bond acceptors (Lipinski definition) is 2. The Bertz CT molecular complexity index is 557. The van der Waals surface area contributed by atoms with E-state index in [2.05, 4.69) is 0 Å². The molecule has 0 aromatic heterocycles. The molecule has 3 rings (SSSR count). The van der Waals surface area contributed by atoms with Gasteiger partial charge < -0.3 is 5.11 Å². The lowest BCUT2D eigenvalue weighted by Crippen LogP contribution is -2.15. The molecule has 1 atom stereocenters. The van der Waals surface area contributed by atoms with Crippen molar-refractivity contribution >= 4 is 16.8 Å². The van der Waals surface area contributed by atoms with Crippen molar-refractivity contribution < 1.29 is 14.1 Å². The summed E-state index contributed by atoms with van der Waals surface area (Å²) in [6.07, 6.45) is 7.23. The monoisotopic (exact) mass is 278 g/mol. The molecule has 0 spiro atoms. The Morgan fingerprint density at radius 2 is 1.89 bits per heavy atom. The fourth-order valence-electron chi connectivity index (χ4n) is 2.94. The molecule has 0 heterocycles. The molecular formula is C15H18O3S. The van der Waals surface area contributed by atoms with Crippen LogP contribution in [0.4, 0.5) is 0 Å². The van der Waals surface area contributed by atoms with Gasteiger partial charge in [-0.15, -0.1) is 0 Å². The van der Waals surface area contributed by atoms with Gasteiger partial charge in [-0.1, -0.05) is 12.5 Å². The van der Waals surface area contributed by atoms with E-state index in [1.165, 1.54) is 6.42 Å². The Morgan fingerprint density at radius 3 is 2.32 bits per heavy atom. The molecule has 1 N–H and O–H groups in total. The van der Waals surface area contributed by atoms with E-state index in [1.807, 2.05) is 6.07 Å². The highest BCUT2D eigenvalue weighted by Gasteiger charge is 2.35. The molecule has 0 unspecified atom stereocenters. The molecule has 2 saturated carbocycles.